The standard InChI is InChI=1S/C16H16N4O3S/c1-4-23-13-7-5-12(6-8-13)15-18-20(11(3)22)14-16(24-15)19(9-17-14)10(2)21/h5-9H,4H2,1-3H3. The summed E-state index contributed by atoms with van der Waals surface area (Å²) in [5.41, 5.74) is 0.830. The Morgan fingerprint density at radius 1 is 1.17 bits per heavy atom. The number of benzene rings is 1. The Bertz CT molecular complexity index is 826. The molecule has 0 saturated heterocycles. The molecule has 24 heavy (non-hydrogen) atoms. The number of imidazole rings is 1. The second-order valence-electron chi connectivity index (χ2n) is 5.06. The van der Waals surface area contributed by atoms with Crippen molar-refractivity contribution >= 4 is 34.4 Å². The van der Waals surface area contributed by atoms with Crippen molar-refractivity contribution in [3.8, 4) is 5.75 Å². The Kier molecular flexibility index (Phi) is 4.39. The number of fused-ring (bicyclic) bond motifs is 1. The number of carbonyl (C=O) groups excluding carboxylic acids is 2. The quantitative estimate of drug-likeness (QED) is 0.856. The summed E-state index contributed by atoms with van der Waals surface area (Å²) in [7, 11) is 0. The summed E-state index contributed by atoms with van der Waals surface area (Å²) in [4.78, 5) is 27.8. The molecule has 1 aromatic heterocycles. The summed E-state index contributed by atoms with van der Waals surface area (Å²) in [6, 6.07) is 7.43. The van der Waals surface area contributed by atoms with Crippen LogP contribution in [0, 0.1) is 0 Å². The second kappa shape index (κ2) is 6.48. The monoisotopic (exact) mass is 344 g/mol. The minimum absolute atomic E-state index is 0.173. The van der Waals surface area contributed by atoms with Crippen LogP contribution in [0.4, 0.5) is 5.82 Å². The van der Waals surface area contributed by atoms with Crippen LogP contribution in [-0.2, 0) is 4.79 Å². The Labute approximate surface area is 143 Å². The molecule has 0 atom stereocenters. The third-order valence-electron chi connectivity index (χ3n) is 3.34. The maximum absolute atomic E-state index is 11.9. The van der Waals surface area contributed by atoms with Crippen LogP contribution in [0.3, 0.4) is 0 Å². The number of hydrogen-bond donors (Lipinski definition) is 0. The molecule has 124 valence electrons. The van der Waals surface area contributed by atoms with Crippen LogP contribution in [0.5, 0.6) is 5.75 Å². The summed E-state index contributed by atoms with van der Waals surface area (Å²) in [6.45, 7) is 5.37. The van der Waals surface area contributed by atoms with Gasteiger partial charge in [0.25, 0.3) is 0 Å². The van der Waals surface area contributed by atoms with E-state index in [4.69, 9.17) is 4.74 Å². The van der Waals surface area contributed by atoms with E-state index >= 15 is 0 Å². The summed E-state index contributed by atoms with van der Waals surface area (Å²) in [6.07, 6.45) is 1.41. The average Bonchev–Trinajstić information content (AvgIpc) is 2.99. The van der Waals surface area contributed by atoms with Crippen molar-refractivity contribution in [2.45, 2.75) is 25.8 Å². The van der Waals surface area contributed by atoms with E-state index < -0.39 is 0 Å². The fourth-order valence-corrected chi connectivity index (χ4v) is 3.30. The molecule has 0 radical (unpaired) electrons. The van der Waals surface area contributed by atoms with Gasteiger partial charge in [0.2, 0.25) is 11.8 Å². The highest BCUT2D eigenvalue weighted by molar-refractivity contribution is 8.14. The van der Waals surface area contributed by atoms with Crippen LogP contribution in [0.15, 0.2) is 40.7 Å². The third kappa shape index (κ3) is 2.92. The fourth-order valence-electron chi connectivity index (χ4n) is 2.24. The number of nitrogens with zero attached hydrogens (tertiary/aromatic N) is 4. The van der Waals surface area contributed by atoms with Crippen LogP contribution < -0.4 is 9.75 Å². The molecule has 0 fully saturated rings. The molecule has 0 aliphatic carbocycles. The van der Waals surface area contributed by atoms with Crippen molar-refractivity contribution < 1.29 is 14.3 Å². The van der Waals surface area contributed by atoms with Gasteiger partial charge in [-0.2, -0.15) is 10.1 Å². The number of hydrazone groups is 1. The fraction of sp³-hybridized carbons (Fsp3) is 0.250. The number of thioether (sulfide) groups is 1. The molecular formula is C16H16N4O3S. The van der Waals surface area contributed by atoms with Gasteiger partial charge < -0.3 is 4.74 Å². The first-order chi connectivity index (χ1) is 11.5. The van der Waals surface area contributed by atoms with Crippen molar-refractivity contribution in [3.63, 3.8) is 0 Å². The van der Waals surface area contributed by atoms with Gasteiger partial charge in [-0.05, 0) is 43.0 Å². The molecule has 8 heteroatoms. The topological polar surface area (TPSA) is 76.8 Å². The molecule has 1 aliphatic rings. The highest BCUT2D eigenvalue weighted by atomic mass is 32.2. The van der Waals surface area contributed by atoms with E-state index in [1.165, 1.54) is 41.5 Å². The number of rotatable bonds is 3. The lowest BCUT2D eigenvalue weighted by Gasteiger charge is -2.21. The van der Waals surface area contributed by atoms with E-state index in [1.807, 2.05) is 31.2 Å². The van der Waals surface area contributed by atoms with Crippen molar-refractivity contribution in [2.24, 2.45) is 5.10 Å². The first-order valence-corrected chi connectivity index (χ1v) is 8.21. The van der Waals surface area contributed by atoms with Crippen LogP contribution in [0.2, 0.25) is 0 Å². The zero-order chi connectivity index (χ0) is 17.3. The van der Waals surface area contributed by atoms with E-state index in [0.29, 0.717) is 22.5 Å². The number of aromatic nitrogens is 2. The lowest BCUT2D eigenvalue weighted by atomic mass is 10.2. The van der Waals surface area contributed by atoms with Gasteiger partial charge in [0.15, 0.2) is 5.82 Å². The lowest BCUT2D eigenvalue weighted by Crippen LogP contribution is -2.28. The Hall–Kier alpha value is -2.61. The molecule has 1 amide bonds. The van der Waals surface area contributed by atoms with Gasteiger partial charge in [0, 0.05) is 19.4 Å². The van der Waals surface area contributed by atoms with Gasteiger partial charge in [-0.25, -0.2) is 4.98 Å². The predicted octanol–water partition coefficient (Wildman–Crippen LogP) is 2.76. The SMILES string of the molecule is CCOc1ccc(C2=NN(C(C)=O)c3ncn(C(C)=O)c3S2)cc1. The maximum atomic E-state index is 11.9. The van der Waals surface area contributed by atoms with Crippen LogP contribution in [0.25, 0.3) is 0 Å². The van der Waals surface area contributed by atoms with Gasteiger partial charge >= 0.3 is 0 Å². The number of amides is 1. The highest BCUT2D eigenvalue weighted by Crippen LogP contribution is 2.37. The Balaban J connectivity index is 2.01. The van der Waals surface area contributed by atoms with Crippen molar-refractivity contribution in [3.05, 3.63) is 36.2 Å². The normalized spacial score (nSPS) is 13.3. The zero-order valence-corrected chi connectivity index (χ0v) is 14.3. The molecule has 3 rings (SSSR count). The van der Waals surface area contributed by atoms with E-state index in [1.54, 1.807) is 0 Å². The van der Waals surface area contributed by atoms with Gasteiger partial charge in [-0.15, -0.1) is 0 Å². The van der Waals surface area contributed by atoms with Gasteiger partial charge in [-0.3, -0.25) is 14.2 Å². The molecular weight excluding hydrogens is 328 g/mol. The van der Waals surface area contributed by atoms with Crippen molar-refractivity contribution in [1.29, 1.82) is 0 Å². The largest absolute Gasteiger partial charge is 0.494 e. The van der Waals surface area contributed by atoms with Crippen LogP contribution in [-0.4, -0.2) is 33.0 Å². The Morgan fingerprint density at radius 2 is 1.88 bits per heavy atom. The van der Waals surface area contributed by atoms with E-state index in [9.17, 15) is 9.59 Å². The van der Waals surface area contributed by atoms with E-state index in [-0.39, 0.29) is 11.8 Å². The molecule has 1 aromatic carbocycles. The summed E-state index contributed by atoms with van der Waals surface area (Å²) < 4.78 is 6.85. The lowest BCUT2D eigenvalue weighted by molar-refractivity contribution is -0.116. The van der Waals surface area contributed by atoms with Crippen LogP contribution in [0.1, 0.15) is 31.1 Å². The molecule has 2 heterocycles. The second-order valence-corrected chi connectivity index (χ2v) is 6.04. The minimum atomic E-state index is -0.270. The smallest absolute Gasteiger partial charge is 0.245 e. The highest BCUT2D eigenvalue weighted by Gasteiger charge is 2.29. The number of hydrogen-bond acceptors (Lipinski definition) is 6. The van der Waals surface area contributed by atoms with Gasteiger partial charge in [-0.1, -0.05) is 0 Å². The summed E-state index contributed by atoms with van der Waals surface area (Å²) in [5.74, 6) is 0.694. The molecule has 0 saturated carbocycles. The average molecular weight is 344 g/mol. The Morgan fingerprint density at radius 3 is 2.46 bits per heavy atom. The maximum Gasteiger partial charge on any atom is 0.245 e. The van der Waals surface area contributed by atoms with Gasteiger partial charge in [0.05, 0.1) is 6.61 Å². The third-order valence-corrected chi connectivity index (χ3v) is 4.42. The number of ether oxygens (including phenoxy) is 1. The van der Waals surface area contributed by atoms with Crippen LogP contribution >= 0.6 is 11.8 Å². The van der Waals surface area contributed by atoms with Crippen molar-refractivity contribution in [1.82, 2.24) is 9.55 Å². The summed E-state index contributed by atoms with van der Waals surface area (Å²) >= 11 is 1.31. The minimum Gasteiger partial charge on any atom is -0.494 e. The molecule has 1 aliphatic heterocycles. The van der Waals surface area contributed by atoms with E-state index in [0.717, 1.165) is 11.3 Å². The molecule has 0 bridgehead atoms. The first kappa shape index (κ1) is 16.3. The molecule has 2 aromatic rings. The number of anilines is 1. The van der Waals surface area contributed by atoms with Gasteiger partial charge in [0.1, 0.15) is 22.1 Å². The number of carbonyl (C=O) groups is 2. The zero-order valence-electron chi connectivity index (χ0n) is 13.5. The van der Waals surface area contributed by atoms with E-state index in [2.05, 4.69) is 10.1 Å². The first-order valence-electron chi connectivity index (χ1n) is 7.40. The molecule has 0 unspecified atom stereocenters. The van der Waals surface area contributed by atoms with Crippen molar-refractivity contribution in [2.75, 3.05) is 11.6 Å². The molecule has 0 spiro atoms. The summed E-state index contributed by atoms with van der Waals surface area (Å²) in [5, 5.41) is 6.79. The predicted molar refractivity (Wildman–Crippen MR) is 91.7 cm³/mol. The molecule has 7 nitrogen and oxygen atoms in total. The molecule has 0 N–H and O–H groups in total.